The minimum atomic E-state index is -0.469. The summed E-state index contributed by atoms with van der Waals surface area (Å²) in [5, 5.41) is 0.885. The van der Waals surface area contributed by atoms with Gasteiger partial charge in [0.1, 0.15) is 5.58 Å². The van der Waals surface area contributed by atoms with Crippen LogP contribution in [0.1, 0.15) is 21.7 Å². The van der Waals surface area contributed by atoms with Crippen molar-refractivity contribution in [3.8, 4) is 0 Å². The Balaban J connectivity index is 2.69. The lowest BCUT2D eigenvalue weighted by Gasteiger charge is -1.97. The molecule has 3 heteroatoms. The molecule has 0 amide bonds. The van der Waals surface area contributed by atoms with Gasteiger partial charge in [0.05, 0.1) is 7.11 Å². The Morgan fingerprint density at radius 1 is 1.44 bits per heavy atom. The standard InChI is InChI=1S/C13H12O3/c1-4-9-5-8(2)6-10-7-11(13(14)15-3)16-12(9)10/h4-7H,1H2,2-3H3. The van der Waals surface area contributed by atoms with E-state index in [0.717, 1.165) is 16.5 Å². The van der Waals surface area contributed by atoms with E-state index in [9.17, 15) is 4.79 Å². The lowest BCUT2D eigenvalue weighted by Crippen LogP contribution is -1.97. The molecule has 0 saturated heterocycles. The molecular weight excluding hydrogens is 204 g/mol. The van der Waals surface area contributed by atoms with E-state index in [1.807, 2.05) is 19.1 Å². The number of ether oxygens (including phenoxy) is 1. The fourth-order valence-corrected chi connectivity index (χ4v) is 1.69. The van der Waals surface area contributed by atoms with Crippen LogP contribution in [0.15, 0.2) is 29.2 Å². The number of esters is 1. The van der Waals surface area contributed by atoms with Crippen molar-refractivity contribution in [3.05, 3.63) is 41.7 Å². The van der Waals surface area contributed by atoms with E-state index in [0.29, 0.717) is 5.58 Å². The van der Waals surface area contributed by atoms with Crippen molar-refractivity contribution in [2.75, 3.05) is 7.11 Å². The molecule has 0 fully saturated rings. The fourth-order valence-electron chi connectivity index (χ4n) is 1.69. The van der Waals surface area contributed by atoms with Crippen LogP contribution in [0.2, 0.25) is 0 Å². The van der Waals surface area contributed by atoms with Crippen molar-refractivity contribution in [3.63, 3.8) is 0 Å². The van der Waals surface area contributed by atoms with Crippen molar-refractivity contribution in [1.29, 1.82) is 0 Å². The van der Waals surface area contributed by atoms with Crippen LogP contribution in [-0.2, 0) is 4.74 Å². The smallest absolute Gasteiger partial charge is 0.373 e. The van der Waals surface area contributed by atoms with E-state index >= 15 is 0 Å². The van der Waals surface area contributed by atoms with Gasteiger partial charge in [-0.05, 0) is 30.7 Å². The Kier molecular flexibility index (Phi) is 2.52. The lowest BCUT2D eigenvalue weighted by atomic mass is 10.1. The zero-order valence-electron chi connectivity index (χ0n) is 9.24. The van der Waals surface area contributed by atoms with Crippen LogP contribution in [0, 0.1) is 6.92 Å². The second-order valence-corrected chi connectivity index (χ2v) is 3.58. The lowest BCUT2D eigenvalue weighted by molar-refractivity contribution is 0.0567. The first-order chi connectivity index (χ1) is 7.65. The highest BCUT2D eigenvalue weighted by molar-refractivity contribution is 5.95. The molecule has 0 bridgehead atoms. The number of fused-ring (bicyclic) bond motifs is 1. The van der Waals surface area contributed by atoms with E-state index < -0.39 is 5.97 Å². The molecule has 2 aromatic rings. The minimum Gasteiger partial charge on any atom is -0.463 e. The van der Waals surface area contributed by atoms with Crippen LogP contribution in [0.3, 0.4) is 0 Å². The van der Waals surface area contributed by atoms with Crippen molar-refractivity contribution in [2.45, 2.75) is 6.92 Å². The summed E-state index contributed by atoms with van der Waals surface area (Å²) in [5.74, 6) is -0.255. The summed E-state index contributed by atoms with van der Waals surface area (Å²) in [6.45, 7) is 5.70. The maximum absolute atomic E-state index is 11.3. The molecule has 0 atom stereocenters. The number of aryl methyl sites for hydroxylation is 1. The topological polar surface area (TPSA) is 39.4 Å². The SMILES string of the molecule is C=Cc1cc(C)cc2cc(C(=O)OC)oc12. The molecule has 3 nitrogen and oxygen atoms in total. The number of carbonyl (C=O) groups excluding carboxylic acids is 1. The summed E-state index contributed by atoms with van der Waals surface area (Å²) in [6.07, 6.45) is 1.71. The summed E-state index contributed by atoms with van der Waals surface area (Å²) in [6, 6.07) is 5.60. The van der Waals surface area contributed by atoms with Crippen LogP contribution < -0.4 is 0 Å². The zero-order chi connectivity index (χ0) is 11.7. The van der Waals surface area contributed by atoms with Crippen LogP contribution in [0.25, 0.3) is 17.0 Å². The number of methoxy groups -OCH3 is 1. The van der Waals surface area contributed by atoms with Crippen LogP contribution in [0.5, 0.6) is 0 Å². The minimum absolute atomic E-state index is 0.214. The number of rotatable bonds is 2. The van der Waals surface area contributed by atoms with Crippen LogP contribution >= 0.6 is 0 Å². The summed E-state index contributed by atoms with van der Waals surface area (Å²) < 4.78 is 10.1. The molecule has 0 spiro atoms. The average molecular weight is 216 g/mol. The molecule has 0 aliphatic heterocycles. The van der Waals surface area contributed by atoms with E-state index in [2.05, 4.69) is 11.3 Å². The molecular formula is C13H12O3. The third-order valence-corrected chi connectivity index (χ3v) is 2.40. The molecule has 0 unspecified atom stereocenters. The van der Waals surface area contributed by atoms with Gasteiger partial charge in [-0.3, -0.25) is 0 Å². The van der Waals surface area contributed by atoms with Gasteiger partial charge in [0, 0.05) is 10.9 Å². The molecule has 2 rings (SSSR count). The number of benzene rings is 1. The van der Waals surface area contributed by atoms with E-state index in [-0.39, 0.29) is 5.76 Å². The molecule has 0 aliphatic carbocycles. The maximum Gasteiger partial charge on any atom is 0.373 e. The highest BCUT2D eigenvalue weighted by atomic mass is 16.5. The Bertz CT molecular complexity index is 564. The monoisotopic (exact) mass is 216 g/mol. The first-order valence-corrected chi connectivity index (χ1v) is 4.90. The normalized spacial score (nSPS) is 10.4. The van der Waals surface area contributed by atoms with Gasteiger partial charge in [-0.15, -0.1) is 0 Å². The molecule has 0 N–H and O–H groups in total. The molecule has 82 valence electrons. The second-order valence-electron chi connectivity index (χ2n) is 3.58. The molecule has 1 aromatic heterocycles. The van der Waals surface area contributed by atoms with Crippen molar-refractivity contribution in [1.82, 2.24) is 0 Å². The molecule has 0 radical (unpaired) electrons. The molecule has 0 saturated carbocycles. The van der Waals surface area contributed by atoms with E-state index in [1.54, 1.807) is 12.1 Å². The highest BCUT2D eigenvalue weighted by Gasteiger charge is 2.14. The van der Waals surface area contributed by atoms with Crippen molar-refractivity contribution >= 4 is 23.0 Å². The largest absolute Gasteiger partial charge is 0.463 e. The Labute approximate surface area is 93.3 Å². The molecule has 16 heavy (non-hydrogen) atoms. The van der Waals surface area contributed by atoms with Crippen molar-refractivity contribution in [2.24, 2.45) is 0 Å². The first kappa shape index (κ1) is 10.5. The predicted molar refractivity (Wildman–Crippen MR) is 62.4 cm³/mol. The third kappa shape index (κ3) is 1.60. The van der Waals surface area contributed by atoms with Gasteiger partial charge in [-0.1, -0.05) is 12.7 Å². The number of furan rings is 1. The van der Waals surface area contributed by atoms with Gasteiger partial charge < -0.3 is 9.15 Å². The van der Waals surface area contributed by atoms with E-state index in [1.165, 1.54) is 7.11 Å². The van der Waals surface area contributed by atoms with Gasteiger partial charge in [0.15, 0.2) is 0 Å². The Hall–Kier alpha value is -2.03. The van der Waals surface area contributed by atoms with Gasteiger partial charge in [-0.25, -0.2) is 4.79 Å². The quantitative estimate of drug-likeness (QED) is 0.724. The van der Waals surface area contributed by atoms with Crippen LogP contribution in [0.4, 0.5) is 0 Å². The number of hydrogen-bond acceptors (Lipinski definition) is 3. The number of hydrogen-bond donors (Lipinski definition) is 0. The molecule has 1 heterocycles. The van der Waals surface area contributed by atoms with Gasteiger partial charge in [0.2, 0.25) is 5.76 Å². The number of carbonyl (C=O) groups is 1. The predicted octanol–water partition coefficient (Wildman–Crippen LogP) is 3.17. The summed E-state index contributed by atoms with van der Waals surface area (Å²) in [7, 11) is 1.33. The summed E-state index contributed by atoms with van der Waals surface area (Å²) in [5.41, 5.74) is 2.64. The van der Waals surface area contributed by atoms with Gasteiger partial charge >= 0.3 is 5.97 Å². The second kappa shape index (κ2) is 3.85. The van der Waals surface area contributed by atoms with E-state index in [4.69, 9.17) is 4.42 Å². The summed E-state index contributed by atoms with van der Waals surface area (Å²) in [4.78, 5) is 11.3. The average Bonchev–Trinajstić information content (AvgIpc) is 2.70. The zero-order valence-corrected chi connectivity index (χ0v) is 9.24. The highest BCUT2D eigenvalue weighted by Crippen LogP contribution is 2.26. The maximum atomic E-state index is 11.3. The molecule has 0 aliphatic rings. The first-order valence-electron chi connectivity index (χ1n) is 4.90. The van der Waals surface area contributed by atoms with Gasteiger partial charge in [0.25, 0.3) is 0 Å². The molecule has 1 aromatic carbocycles. The van der Waals surface area contributed by atoms with Gasteiger partial charge in [-0.2, -0.15) is 0 Å². The van der Waals surface area contributed by atoms with Crippen LogP contribution in [-0.4, -0.2) is 13.1 Å². The third-order valence-electron chi connectivity index (χ3n) is 2.40. The Morgan fingerprint density at radius 3 is 2.81 bits per heavy atom. The summed E-state index contributed by atoms with van der Waals surface area (Å²) >= 11 is 0. The Morgan fingerprint density at radius 2 is 2.19 bits per heavy atom. The van der Waals surface area contributed by atoms with Crippen molar-refractivity contribution < 1.29 is 13.9 Å². The fraction of sp³-hybridized carbons (Fsp3) is 0.154.